The molecule has 24 heavy (non-hydrogen) atoms. The third-order valence-corrected chi connectivity index (χ3v) is 6.25. The second kappa shape index (κ2) is 8.60. The van der Waals surface area contributed by atoms with Gasteiger partial charge in [-0.2, -0.15) is 0 Å². The molecule has 1 fully saturated rings. The van der Waals surface area contributed by atoms with Crippen LogP contribution < -0.4 is 11.1 Å². The molecule has 3 N–H and O–H groups in total. The van der Waals surface area contributed by atoms with Crippen molar-refractivity contribution in [1.82, 2.24) is 5.32 Å². The van der Waals surface area contributed by atoms with E-state index in [2.05, 4.69) is 5.32 Å². The first-order valence-electron chi connectivity index (χ1n) is 8.30. The van der Waals surface area contributed by atoms with Crippen LogP contribution in [-0.2, 0) is 14.6 Å². The van der Waals surface area contributed by atoms with Crippen LogP contribution >= 0.6 is 0 Å². The van der Waals surface area contributed by atoms with Gasteiger partial charge in [0.25, 0.3) is 5.91 Å². The minimum atomic E-state index is -3.38. The third kappa shape index (κ3) is 4.78. The number of carbonyl (C=O) groups is 1. The lowest BCUT2D eigenvalue weighted by Crippen LogP contribution is -2.44. The number of sulfone groups is 1. The lowest BCUT2D eigenvalue weighted by Gasteiger charge is -2.31. The summed E-state index contributed by atoms with van der Waals surface area (Å²) in [5.41, 5.74) is 6.25. The minimum Gasteiger partial charge on any atom is -0.384 e. The number of benzene rings is 1. The molecule has 0 spiro atoms. The van der Waals surface area contributed by atoms with Gasteiger partial charge in [0.2, 0.25) is 0 Å². The number of ether oxygens (including phenoxy) is 1. The molecular formula is C17H26N2O4S. The molecule has 1 amide bonds. The van der Waals surface area contributed by atoms with Crippen molar-refractivity contribution in [3.63, 3.8) is 0 Å². The Bertz CT molecular complexity index is 643. The van der Waals surface area contributed by atoms with Crippen LogP contribution in [0.5, 0.6) is 0 Å². The molecule has 134 valence electrons. The number of nitrogens with two attached hydrogens (primary N) is 1. The molecule has 0 radical (unpaired) electrons. The molecule has 7 heteroatoms. The highest BCUT2D eigenvalue weighted by Crippen LogP contribution is 2.24. The Labute approximate surface area is 143 Å². The third-order valence-electron chi connectivity index (χ3n) is 4.56. The minimum absolute atomic E-state index is 0.0741. The first-order valence-corrected chi connectivity index (χ1v) is 9.96. The molecule has 1 aliphatic carbocycles. The zero-order valence-corrected chi connectivity index (χ0v) is 14.8. The van der Waals surface area contributed by atoms with Crippen LogP contribution in [0.2, 0.25) is 0 Å². The fourth-order valence-corrected chi connectivity index (χ4v) is 4.23. The van der Waals surface area contributed by atoms with Gasteiger partial charge in [-0.3, -0.25) is 4.79 Å². The number of hydrogen-bond acceptors (Lipinski definition) is 5. The molecular weight excluding hydrogens is 328 g/mol. The van der Waals surface area contributed by atoms with Crippen LogP contribution in [-0.4, -0.2) is 46.4 Å². The Kier molecular flexibility index (Phi) is 6.77. The first-order chi connectivity index (χ1) is 11.5. The Balaban J connectivity index is 2.03. The van der Waals surface area contributed by atoms with Crippen molar-refractivity contribution in [2.24, 2.45) is 11.7 Å². The summed E-state index contributed by atoms with van der Waals surface area (Å²) in [7, 11) is -1.92. The maximum atomic E-state index is 12.4. The van der Waals surface area contributed by atoms with E-state index in [4.69, 9.17) is 10.5 Å². The predicted molar refractivity (Wildman–Crippen MR) is 92.6 cm³/mol. The number of methoxy groups -OCH3 is 1. The molecule has 2 unspecified atom stereocenters. The van der Waals surface area contributed by atoms with Crippen LogP contribution in [0.15, 0.2) is 29.2 Å². The highest BCUT2D eigenvalue weighted by Gasteiger charge is 2.25. The predicted octanol–water partition coefficient (Wildman–Crippen LogP) is 1.35. The molecule has 2 atom stereocenters. The Morgan fingerprint density at radius 2 is 1.92 bits per heavy atom. The summed E-state index contributed by atoms with van der Waals surface area (Å²) in [6, 6.07) is 6.15. The van der Waals surface area contributed by atoms with Crippen molar-refractivity contribution in [2.45, 2.75) is 36.6 Å². The number of rotatable bonds is 7. The quantitative estimate of drug-likeness (QED) is 0.770. The molecule has 0 aromatic heterocycles. The number of hydrogen-bond donors (Lipinski definition) is 2. The van der Waals surface area contributed by atoms with Crippen LogP contribution in [0.1, 0.15) is 36.0 Å². The van der Waals surface area contributed by atoms with Crippen LogP contribution in [0.3, 0.4) is 0 Å². The van der Waals surface area contributed by atoms with Crippen molar-refractivity contribution >= 4 is 15.7 Å². The van der Waals surface area contributed by atoms with Crippen molar-refractivity contribution in [3.05, 3.63) is 29.8 Å². The fraction of sp³-hybridized carbons (Fsp3) is 0.588. The SMILES string of the molecule is COCCS(=O)(=O)c1ccc(C(=O)NC2CCCCC2CN)cc1. The lowest BCUT2D eigenvalue weighted by atomic mass is 9.84. The average Bonchev–Trinajstić information content (AvgIpc) is 2.60. The molecule has 1 saturated carbocycles. The Hall–Kier alpha value is -1.44. The molecule has 0 saturated heterocycles. The van der Waals surface area contributed by atoms with Crippen molar-refractivity contribution < 1.29 is 17.9 Å². The normalized spacial score (nSPS) is 21.4. The summed E-state index contributed by atoms with van der Waals surface area (Å²) >= 11 is 0. The van der Waals surface area contributed by atoms with E-state index < -0.39 is 9.84 Å². The van der Waals surface area contributed by atoms with E-state index in [9.17, 15) is 13.2 Å². The molecule has 0 bridgehead atoms. The van der Waals surface area contributed by atoms with E-state index in [0.717, 1.165) is 25.7 Å². The van der Waals surface area contributed by atoms with E-state index in [1.807, 2.05) is 0 Å². The topological polar surface area (TPSA) is 98.5 Å². The van der Waals surface area contributed by atoms with E-state index in [1.54, 1.807) is 12.1 Å². The van der Waals surface area contributed by atoms with Gasteiger partial charge in [0.15, 0.2) is 9.84 Å². The van der Waals surface area contributed by atoms with E-state index in [0.29, 0.717) is 18.0 Å². The molecule has 0 heterocycles. The summed E-state index contributed by atoms with van der Waals surface area (Å²) < 4.78 is 29.0. The van der Waals surface area contributed by atoms with Gasteiger partial charge in [0.1, 0.15) is 0 Å². The highest BCUT2D eigenvalue weighted by molar-refractivity contribution is 7.91. The van der Waals surface area contributed by atoms with Gasteiger partial charge in [-0.1, -0.05) is 12.8 Å². The molecule has 1 aliphatic rings. The summed E-state index contributed by atoms with van der Waals surface area (Å²) in [5.74, 6) is 0.0625. The number of nitrogens with one attached hydrogen (secondary N) is 1. The summed E-state index contributed by atoms with van der Waals surface area (Å²) in [6.45, 7) is 0.717. The van der Waals surface area contributed by atoms with Gasteiger partial charge < -0.3 is 15.8 Å². The monoisotopic (exact) mass is 354 g/mol. The summed E-state index contributed by atoms with van der Waals surface area (Å²) in [4.78, 5) is 12.6. The van der Waals surface area contributed by atoms with E-state index in [-0.39, 0.29) is 29.2 Å². The van der Waals surface area contributed by atoms with Gasteiger partial charge in [-0.15, -0.1) is 0 Å². The molecule has 6 nitrogen and oxygen atoms in total. The van der Waals surface area contributed by atoms with Crippen LogP contribution in [0, 0.1) is 5.92 Å². The molecule has 1 aromatic carbocycles. The zero-order valence-electron chi connectivity index (χ0n) is 14.0. The van der Waals surface area contributed by atoms with E-state index in [1.165, 1.54) is 19.2 Å². The maximum absolute atomic E-state index is 12.4. The van der Waals surface area contributed by atoms with Crippen LogP contribution in [0.4, 0.5) is 0 Å². The second-order valence-electron chi connectivity index (χ2n) is 6.20. The van der Waals surface area contributed by atoms with Gasteiger partial charge >= 0.3 is 0 Å². The number of carbonyl (C=O) groups excluding carboxylic acids is 1. The largest absolute Gasteiger partial charge is 0.384 e. The van der Waals surface area contributed by atoms with E-state index >= 15 is 0 Å². The average molecular weight is 354 g/mol. The fourth-order valence-electron chi connectivity index (χ4n) is 3.06. The van der Waals surface area contributed by atoms with Gasteiger partial charge in [0.05, 0.1) is 17.3 Å². The Morgan fingerprint density at radius 1 is 1.25 bits per heavy atom. The van der Waals surface area contributed by atoms with Crippen molar-refractivity contribution in [2.75, 3.05) is 26.0 Å². The lowest BCUT2D eigenvalue weighted by molar-refractivity contribution is 0.0908. The van der Waals surface area contributed by atoms with Gasteiger partial charge in [0, 0.05) is 18.7 Å². The first kappa shape index (κ1) is 18.9. The summed E-state index contributed by atoms with van der Waals surface area (Å²) in [6.07, 6.45) is 4.23. The van der Waals surface area contributed by atoms with Crippen molar-refractivity contribution in [1.29, 1.82) is 0 Å². The van der Waals surface area contributed by atoms with Gasteiger partial charge in [-0.05, 0) is 49.6 Å². The van der Waals surface area contributed by atoms with Gasteiger partial charge in [-0.25, -0.2) is 8.42 Å². The van der Waals surface area contributed by atoms with Crippen LogP contribution in [0.25, 0.3) is 0 Å². The molecule has 1 aromatic rings. The Morgan fingerprint density at radius 3 is 2.54 bits per heavy atom. The summed E-state index contributed by atoms with van der Waals surface area (Å²) in [5, 5.41) is 3.04. The van der Waals surface area contributed by atoms with Crippen molar-refractivity contribution in [3.8, 4) is 0 Å². The molecule has 2 rings (SSSR count). The standard InChI is InChI=1S/C17H26N2O4S/c1-23-10-11-24(21,22)15-8-6-13(7-9-15)17(20)19-16-5-3-2-4-14(16)12-18/h6-9,14,16H,2-5,10-12,18H2,1H3,(H,19,20). The number of amides is 1. The second-order valence-corrected chi connectivity index (χ2v) is 8.31. The highest BCUT2D eigenvalue weighted by atomic mass is 32.2. The maximum Gasteiger partial charge on any atom is 0.251 e. The zero-order chi connectivity index (χ0) is 17.6. The molecule has 0 aliphatic heterocycles. The smallest absolute Gasteiger partial charge is 0.251 e.